The van der Waals surface area contributed by atoms with Gasteiger partial charge in [0.25, 0.3) is 0 Å². The molecule has 0 spiro atoms. The van der Waals surface area contributed by atoms with Crippen LogP contribution in [-0.4, -0.2) is 33.8 Å². The zero-order valence-electron chi connectivity index (χ0n) is 11.5. The number of rotatable bonds is 3. The highest BCUT2D eigenvalue weighted by Crippen LogP contribution is 2.37. The van der Waals surface area contributed by atoms with Gasteiger partial charge in [0.05, 0.1) is 6.20 Å². The lowest BCUT2D eigenvalue weighted by atomic mass is 10.0. The first-order chi connectivity index (χ1) is 9.28. The average Bonchev–Trinajstić information content (AvgIpc) is 3.04. The zero-order chi connectivity index (χ0) is 13.2. The van der Waals surface area contributed by atoms with E-state index in [0.29, 0.717) is 0 Å². The molecule has 0 radical (unpaired) electrons. The largest absolute Gasteiger partial charge is 0.324 e. The van der Waals surface area contributed by atoms with E-state index in [-0.39, 0.29) is 6.03 Å². The van der Waals surface area contributed by atoms with Gasteiger partial charge in [-0.2, -0.15) is 5.10 Å². The van der Waals surface area contributed by atoms with Crippen LogP contribution < -0.4 is 5.32 Å². The van der Waals surface area contributed by atoms with E-state index in [1.54, 1.807) is 6.20 Å². The fourth-order valence-corrected chi connectivity index (χ4v) is 3.42. The number of carbonyl (C=O) groups is 1. The van der Waals surface area contributed by atoms with Crippen molar-refractivity contribution in [3.8, 4) is 0 Å². The summed E-state index contributed by atoms with van der Waals surface area (Å²) in [7, 11) is 0. The van der Waals surface area contributed by atoms with Crippen molar-refractivity contribution in [1.82, 2.24) is 14.7 Å². The van der Waals surface area contributed by atoms with Gasteiger partial charge in [0.2, 0.25) is 0 Å². The lowest BCUT2D eigenvalue weighted by molar-refractivity contribution is 0.218. The van der Waals surface area contributed by atoms with Crippen molar-refractivity contribution in [3.05, 3.63) is 12.3 Å². The minimum absolute atomic E-state index is 0.0345. The van der Waals surface area contributed by atoms with E-state index in [4.69, 9.17) is 0 Å². The molecule has 104 valence electrons. The number of anilines is 1. The number of nitrogens with zero attached hydrogens (tertiary/aromatic N) is 3. The average molecular weight is 262 g/mol. The Balaban J connectivity index is 1.60. The van der Waals surface area contributed by atoms with Crippen LogP contribution in [0.2, 0.25) is 0 Å². The summed E-state index contributed by atoms with van der Waals surface area (Å²) in [5.41, 5.74) is 0. The molecule has 1 aromatic rings. The van der Waals surface area contributed by atoms with Crippen LogP contribution in [0.15, 0.2) is 12.3 Å². The van der Waals surface area contributed by atoms with Crippen molar-refractivity contribution in [3.63, 3.8) is 0 Å². The summed E-state index contributed by atoms with van der Waals surface area (Å²) in [6, 6.07) is 1.90. The first-order valence-electron chi connectivity index (χ1n) is 7.35. The Hall–Kier alpha value is -1.52. The van der Waals surface area contributed by atoms with Gasteiger partial charge in [0.15, 0.2) is 0 Å². The fraction of sp³-hybridized carbons (Fsp3) is 0.714. The molecule has 1 saturated carbocycles. The molecule has 2 atom stereocenters. The highest BCUT2D eigenvalue weighted by Gasteiger charge is 2.38. The lowest BCUT2D eigenvalue weighted by Crippen LogP contribution is -2.34. The summed E-state index contributed by atoms with van der Waals surface area (Å²) in [6.45, 7) is 4.81. The molecule has 3 rings (SSSR count). The molecule has 1 aliphatic heterocycles. The van der Waals surface area contributed by atoms with Gasteiger partial charge < -0.3 is 4.90 Å². The smallest absolute Gasteiger partial charge is 0.323 e. The summed E-state index contributed by atoms with van der Waals surface area (Å²) in [5.74, 6) is 2.29. The summed E-state index contributed by atoms with van der Waals surface area (Å²) in [4.78, 5) is 14.2. The summed E-state index contributed by atoms with van der Waals surface area (Å²) >= 11 is 0. The number of aryl methyl sites for hydroxylation is 1. The highest BCUT2D eigenvalue weighted by atomic mass is 16.2. The maximum absolute atomic E-state index is 12.3. The molecule has 2 unspecified atom stereocenters. The van der Waals surface area contributed by atoms with E-state index >= 15 is 0 Å². The molecule has 5 nitrogen and oxygen atoms in total. The molecule has 1 aromatic heterocycles. The minimum Gasteiger partial charge on any atom is -0.324 e. The summed E-state index contributed by atoms with van der Waals surface area (Å²) in [6.07, 6.45) is 6.68. The van der Waals surface area contributed by atoms with E-state index in [1.165, 1.54) is 19.3 Å². The summed E-state index contributed by atoms with van der Waals surface area (Å²) in [5, 5.41) is 7.22. The molecular formula is C14H22N4O. The molecule has 0 aromatic carbocycles. The van der Waals surface area contributed by atoms with E-state index in [2.05, 4.69) is 17.3 Å². The zero-order valence-corrected chi connectivity index (χ0v) is 11.5. The maximum atomic E-state index is 12.3. The van der Waals surface area contributed by atoms with Gasteiger partial charge in [-0.25, -0.2) is 9.48 Å². The van der Waals surface area contributed by atoms with Gasteiger partial charge >= 0.3 is 6.03 Å². The molecular weight excluding hydrogens is 240 g/mol. The number of likely N-dealkylation sites (tertiary alicyclic amines) is 1. The van der Waals surface area contributed by atoms with Gasteiger partial charge in [-0.05, 0) is 31.1 Å². The third-order valence-electron chi connectivity index (χ3n) is 4.40. The van der Waals surface area contributed by atoms with Crippen molar-refractivity contribution >= 4 is 11.8 Å². The number of fused-ring (bicyclic) bond motifs is 1. The van der Waals surface area contributed by atoms with Crippen LogP contribution in [0.3, 0.4) is 0 Å². The van der Waals surface area contributed by atoms with E-state index in [9.17, 15) is 4.79 Å². The highest BCUT2D eigenvalue weighted by molar-refractivity contribution is 5.88. The first kappa shape index (κ1) is 12.5. The Morgan fingerprint density at radius 2 is 2.16 bits per heavy atom. The molecule has 1 saturated heterocycles. The minimum atomic E-state index is 0.0345. The van der Waals surface area contributed by atoms with Crippen LogP contribution in [0.25, 0.3) is 0 Å². The molecule has 0 bridgehead atoms. The Morgan fingerprint density at radius 1 is 1.42 bits per heavy atom. The van der Waals surface area contributed by atoms with Gasteiger partial charge in [-0.15, -0.1) is 0 Å². The Kier molecular flexibility index (Phi) is 3.44. The number of aromatic nitrogens is 2. The number of carbonyl (C=O) groups excluding carboxylic acids is 1. The van der Waals surface area contributed by atoms with Crippen LogP contribution in [-0.2, 0) is 6.54 Å². The van der Waals surface area contributed by atoms with Crippen LogP contribution in [0.5, 0.6) is 0 Å². The number of amides is 2. The van der Waals surface area contributed by atoms with Crippen LogP contribution >= 0.6 is 0 Å². The van der Waals surface area contributed by atoms with Gasteiger partial charge in [-0.3, -0.25) is 5.32 Å². The van der Waals surface area contributed by atoms with Crippen molar-refractivity contribution < 1.29 is 4.79 Å². The predicted molar refractivity (Wildman–Crippen MR) is 73.9 cm³/mol. The monoisotopic (exact) mass is 262 g/mol. The first-order valence-corrected chi connectivity index (χ1v) is 7.35. The second kappa shape index (κ2) is 5.23. The summed E-state index contributed by atoms with van der Waals surface area (Å²) < 4.78 is 1.86. The molecule has 1 aliphatic carbocycles. The lowest BCUT2D eigenvalue weighted by Gasteiger charge is -2.18. The number of hydrogen-bond donors (Lipinski definition) is 1. The molecule has 2 heterocycles. The van der Waals surface area contributed by atoms with E-state index in [0.717, 1.165) is 43.7 Å². The SMILES string of the molecule is CCCn1nccc1NC(=O)N1CC2CCCC2C1. The molecule has 2 aliphatic rings. The molecule has 1 N–H and O–H groups in total. The number of hydrogen-bond acceptors (Lipinski definition) is 2. The molecule has 2 amide bonds. The van der Waals surface area contributed by atoms with Crippen molar-refractivity contribution in [2.45, 2.75) is 39.2 Å². The second-order valence-corrected chi connectivity index (χ2v) is 5.73. The van der Waals surface area contributed by atoms with Crippen LogP contribution in [0.4, 0.5) is 10.6 Å². The van der Waals surface area contributed by atoms with Crippen LogP contribution in [0.1, 0.15) is 32.6 Å². The number of urea groups is 1. The third-order valence-corrected chi connectivity index (χ3v) is 4.40. The predicted octanol–water partition coefficient (Wildman–Crippen LogP) is 2.56. The van der Waals surface area contributed by atoms with E-state index < -0.39 is 0 Å². The number of nitrogens with one attached hydrogen (secondary N) is 1. The second-order valence-electron chi connectivity index (χ2n) is 5.73. The Labute approximate surface area is 114 Å². The standard InChI is InChI=1S/C14H22N4O/c1-2-8-18-13(6-7-15-18)16-14(19)17-9-11-4-3-5-12(11)10-17/h6-7,11-12H,2-5,8-10H2,1H3,(H,16,19). The Bertz CT molecular complexity index is 444. The van der Waals surface area contributed by atoms with Crippen LogP contribution in [0, 0.1) is 11.8 Å². The topological polar surface area (TPSA) is 50.2 Å². The quantitative estimate of drug-likeness (QED) is 0.910. The van der Waals surface area contributed by atoms with Gasteiger partial charge in [-0.1, -0.05) is 13.3 Å². The normalized spacial score (nSPS) is 25.6. The molecule has 2 fully saturated rings. The molecule has 5 heteroatoms. The third kappa shape index (κ3) is 2.46. The Morgan fingerprint density at radius 3 is 2.84 bits per heavy atom. The maximum Gasteiger partial charge on any atom is 0.323 e. The van der Waals surface area contributed by atoms with Gasteiger partial charge in [0, 0.05) is 25.7 Å². The van der Waals surface area contributed by atoms with Crippen molar-refractivity contribution in [2.24, 2.45) is 11.8 Å². The molecule has 19 heavy (non-hydrogen) atoms. The van der Waals surface area contributed by atoms with E-state index in [1.807, 2.05) is 15.6 Å². The van der Waals surface area contributed by atoms with Gasteiger partial charge in [0.1, 0.15) is 5.82 Å². The fourth-order valence-electron chi connectivity index (χ4n) is 3.42. The van der Waals surface area contributed by atoms with Crippen molar-refractivity contribution in [1.29, 1.82) is 0 Å². The van der Waals surface area contributed by atoms with Crippen molar-refractivity contribution in [2.75, 3.05) is 18.4 Å².